The minimum Gasteiger partial charge on any atom is -0.444 e. The van der Waals surface area contributed by atoms with E-state index in [1.54, 1.807) is 20.8 Å². The molecule has 0 bridgehead atoms. The van der Waals surface area contributed by atoms with Crippen LogP contribution in [0.2, 0.25) is 0 Å². The van der Waals surface area contributed by atoms with Crippen molar-refractivity contribution in [3.8, 4) is 0 Å². The molecule has 3 N–H and O–H groups in total. The van der Waals surface area contributed by atoms with Crippen LogP contribution in [0.15, 0.2) is 0 Å². The first-order chi connectivity index (χ1) is 6.81. The lowest BCUT2D eigenvalue weighted by atomic mass is 10.2. The van der Waals surface area contributed by atoms with Crippen LogP contribution in [0.25, 0.3) is 0 Å². The van der Waals surface area contributed by atoms with Crippen LogP contribution in [-0.4, -0.2) is 24.1 Å². The van der Waals surface area contributed by atoms with Crippen LogP contribution in [-0.2, 0) is 9.53 Å². The van der Waals surface area contributed by atoms with Gasteiger partial charge in [-0.1, -0.05) is 0 Å². The lowest BCUT2D eigenvalue weighted by Gasteiger charge is -2.19. The van der Waals surface area contributed by atoms with Gasteiger partial charge in [0.1, 0.15) is 5.60 Å². The predicted molar refractivity (Wildman–Crippen MR) is 57.3 cm³/mol. The Hall–Kier alpha value is -1.26. The number of hydrogen-bond donors (Lipinski definition) is 2. The fraction of sp³-hybridized carbons (Fsp3) is 0.800. The number of ether oxygens (including phenoxy) is 1. The van der Waals surface area contributed by atoms with Crippen LogP contribution >= 0.6 is 0 Å². The summed E-state index contributed by atoms with van der Waals surface area (Å²) in [6, 6.07) is 0. The van der Waals surface area contributed by atoms with Crippen LogP contribution in [0, 0.1) is 0 Å². The molecule has 0 spiro atoms. The van der Waals surface area contributed by atoms with Gasteiger partial charge in [-0.15, -0.1) is 0 Å². The Morgan fingerprint density at radius 3 is 2.33 bits per heavy atom. The Morgan fingerprint density at radius 1 is 1.27 bits per heavy atom. The largest absolute Gasteiger partial charge is 0.444 e. The average Bonchev–Trinajstić information content (AvgIpc) is 1.99. The zero-order chi connectivity index (χ0) is 11.9. The Bertz CT molecular complexity index is 221. The smallest absolute Gasteiger partial charge is 0.407 e. The molecule has 0 aliphatic carbocycles. The lowest BCUT2D eigenvalue weighted by molar-refractivity contribution is -0.118. The van der Waals surface area contributed by atoms with Crippen molar-refractivity contribution in [3.63, 3.8) is 0 Å². The molecule has 15 heavy (non-hydrogen) atoms. The van der Waals surface area contributed by atoms with Crippen LogP contribution in [0.4, 0.5) is 4.79 Å². The van der Waals surface area contributed by atoms with Gasteiger partial charge < -0.3 is 15.8 Å². The molecule has 0 aliphatic heterocycles. The van der Waals surface area contributed by atoms with E-state index >= 15 is 0 Å². The van der Waals surface area contributed by atoms with E-state index in [1.165, 1.54) is 0 Å². The maximum Gasteiger partial charge on any atom is 0.407 e. The molecule has 0 saturated heterocycles. The summed E-state index contributed by atoms with van der Waals surface area (Å²) in [6.07, 6.45) is 1.34. The second kappa shape index (κ2) is 6.27. The number of carbonyl (C=O) groups is 2. The molecule has 0 atom stereocenters. The van der Waals surface area contributed by atoms with E-state index in [0.717, 1.165) is 6.42 Å². The molecule has 0 saturated carbocycles. The van der Waals surface area contributed by atoms with Gasteiger partial charge in [-0.05, 0) is 33.6 Å². The second-order valence-corrected chi connectivity index (χ2v) is 4.35. The summed E-state index contributed by atoms with van der Waals surface area (Å²) < 4.78 is 5.02. The Morgan fingerprint density at radius 2 is 1.87 bits per heavy atom. The lowest BCUT2D eigenvalue weighted by Crippen LogP contribution is -2.33. The molecule has 0 aliphatic rings. The van der Waals surface area contributed by atoms with Gasteiger partial charge in [-0.25, -0.2) is 4.79 Å². The number of primary amides is 1. The van der Waals surface area contributed by atoms with Crippen molar-refractivity contribution in [2.45, 2.75) is 45.6 Å². The Balaban J connectivity index is 3.44. The molecular weight excluding hydrogens is 196 g/mol. The van der Waals surface area contributed by atoms with E-state index < -0.39 is 11.7 Å². The fourth-order valence-corrected chi connectivity index (χ4v) is 0.929. The molecular formula is C10H20N2O3. The summed E-state index contributed by atoms with van der Waals surface area (Å²) in [5.74, 6) is -0.313. The van der Waals surface area contributed by atoms with Crippen LogP contribution in [0.1, 0.15) is 40.0 Å². The molecule has 0 heterocycles. The van der Waals surface area contributed by atoms with Gasteiger partial charge in [0, 0.05) is 13.0 Å². The number of rotatable bonds is 5. The quantitative estimate of drug-likeness (QED) is 0.677. The van der Waals surface area contributed by atoms with Gasteiger partial charge >= 0.3 is 6.09 Å². The molecule has 2 amide bonds. The third-order valence-electron chi connectivity index (χ3n) is 1.52. The van der Waals surface area contributed by atoms with Crippen LogP contribution < -0.4 is 11.1 Å². The molecule has 0 fully saturated rings. The molecule has 5 heteroatoms. The molecule has 0 rings (SSSR count). The zero-order valence-corrected chi connectivity index (χ0v) is 9.63. The molecule has 0 aromatic carbocycles. The molecule has 5 nitrogen and oxygen atoms in total. The zero-order valence-electron chi connectivity index (χ0n) is 9.63. The van der Waals surface area contributed by atoms with Crippen molar-refractivity contribution in [2.75, 3.05) is 6.54 Å². The average molecular weight is 216 g/mol. The van der Waals surface area contributed by atoms with Crippen molar-refractivity contribution < 1.29 is 14.3 Å². The number of carbonyl (C=O) groups excluding carboxylic acids is 2. The van der Waals surface area contributed by atoms with E-state index in [-0.39, 0.29) is 5.91 Å². The highest BCUT2D eigenvalue weighted by Crippen LogP contribution is 2.06. The van der Waals surface area contributed by atoms with Crippen molar-refractivity contribution in [3.05, 3.63) is 0 Å². The summed E-state index contributed by atoms with van der Waals surface area (Å²) in [4.78, 5) is 21.5. The molecule has 0 unspecified atom stereocenters. The molecule has 0 aromatic rings. The number of nitrogens with one attached hydrogen (secondary N) is 1. The van der Waals surface area contributed by atoms with Gasteiger partial charge in [-0.3, -0.25) is 4.79 Å². The minimum absolute atomic E-state index is 0.313. The highest BCUT2D eigenvalue weighted by molar-refractivity contribution is 5.73. The minimum atomic E-state index is -0.475. The van der Waals surface area contributed by atoms with E-state index in [1.807, 2.05) is 0 Å². The first-order valence-electron chi connectivity index (χ1n) is 5.06. The Kier molecular flexibility index (Phi) is 5.74. The first-order valence-corrected chi connectivity index (χ1v) is 5.06. The van der Waals surface area contributed by atoms with Gasteiger partial charge in [0.15, 0.2) is 0 Å². The molecule has 0 aromatic heterocycles. The summed E-state index contributed by atoms with van der Waals surface area (Å²) in [5.41, 5.74) is 4.49. The predicted octanol–water partition coefficient (Wildman–Crippen LogP) is 1.17. The molecule has 88 valence electrons. The summed E-state index contributed by atoms with van der Waals surface area (Å²) >= 11 is 0. The third kappa shape index (κ3) is 10.7. The highest BCUT2D eigenvalue weighted by atomic mass is 16.6. The van der Waals surface area contributed by atoms with Gasteiger partial charge in [-0.2, -0.15) is 0 Å². The number of unbranched alkanes of at least 4 members (excludes halogenated alkanes) is 1. The summed E-state index contributed by atoms with van der Waals surface area (Å²) in [6.45, 7) is 5.92. The number of amides is 2. The van der Waals surface area contributed by atoms with Crippen molar-refractivity contribution in [2.24, 2.45) is 5.73 Å². The SMILES string of the molecule is CC(C)(C)OC(=O)NCCCCC(N)=O. The monoisotopic (exact) mass is 216 g/mol. The summed E-state index contributed by atoms with van der Waals surface area (Å²) in [5, 5.41) is 2.60. The van der Waals surface area contributed by atoms with E-state index in [4.69, 9.17) is 10.5 Å². The first kappa shape index (κ1) is 13.7. The van der Waals surface area contributed by atoms with Crippen LogP contribution in [0.5, 0.6) is 0 Å². The van der Waals surface area contributed by atoms with Gasteiger partial charge in [0.05, 0.1) is 0 Å². The number of alkyl carbamates (subject to hydrolysis) is 1. The number of hydrogen-bond acceptors (Lipinski definition) is 3. The number of nitrogens with two attached hydrogens (primary N) is 1. The highest BCUT2D eigenvalue weighted by Gasteiger charge is 2.15. The van der Waals surface area contributed by atoms with E-state index in [0.29, 0.717) is 19.4 Å². The van der Waals surface area contributed by atoms with E-state index in [9.17, 15) is 9.59 Å². The van der Waals surface area contributed by atoms with Gasteiger partial charge in [0.2, 0.25) is 5.91 Å². The Labute approximate surface area is 90.4 Å². The molecule has 0 radical (unpaired) electrons. The normalized spacial score (nSPS) is 10.9. The van der Waals surface area contributed by atoms with Crippen LogP contribution in [0.3, 0.4) is 0 Å². The van der Waals surface area contributed by atoms with E-state index in [2.05, 4.69) is 5.32 Å². The topological polar surface area (TPSA) is 81.4 Å². The maximum absolute atomic E-state index is 11.1. The summed E-state index contributed by atoms with van der Waals surface area (Å²) in [7, 11) is 0. The van der Waals surface area contributed by atoms with Gasteiger partial charge in [0.25, 0.3) is 0 Å². The van der Waals surface area contributed by atoms with Crippen molar-refractivity contribution in [1.29, 1.82) is 0 Å². The van der Waals surface area contributed by atoms with Crippen molar-refractivity contribution in [1.82, 2.24) is 5.32 Å². The maximum atomic E-state index is 11.1. The van der Waals surface area contributed by atoms with Crippen molar-refractivity contribution >= 4 is 12.0 Å². The second-order valence-electron chi connectivity index (χ2n) is 4.35. The fourth-order valence-electron chi connectivity index (χ4n) is 0.929. The standard InChI is InChI=1S/C10H20N2O3/c1-10(2,3)15-9(14)12-7-5-4-6-8(11)13/h4-7H2,1-3H3,(H2,11,13)(H,12,14). The third-order valence-corrected chi connectivity index (χ3v) is 1.52.